The van der Waals surface area contributed by atoms with Gasteiger partial charge in [0.05, 0.1) is 14.2 Å². The van der Waals surface area contributed by atoms with E-state index in [1.807, 2.05) is 12.1 Å². The number of nitrogens with one attached hydrogen (secondary N) is 1. The van der Waals surface area contributed by atoms with Gasteiger partial charge in [-0.1, -0.05) is 12.1 Å². The van der Waals surface area contributed by atoms with Gasteiger partial charge in [-0.15, -0.1) is 11.8 Å². The Hall–Kier alpha value is -2.68. The first kappa shape index (κ1) is 20.1. The number of benzene rings is 2. The zero-order valence-corrected chi connectivity index (χ0v) is 16.2. The number of amides is 2. The van der Waals surface area contributed by atoms with Crippen molar-refractivity contribution in [2.45, 2.75) is 12.0 Å². The van der Waals surface area contributed by atoms with Gasteiger partial charge in [-0.05, 0) is 29.8 Å². The van der Waals surface area contributed by atoms with Crippen molar-refractivity contribution in [3.8, 4) is 17.2 Å². The van der Waals surface area contributed by atoms with Crippen LogP contribution >= 0.6 is 11.8 Å². The predicted octanol–water partition coefficient (Wildman–Crippen LogP) is 4.58. The third-order valence-corrected chi connectivity index (χ3v) is 5.42. The summed E-state index contributed by atoms with van der Waals surface area (Å²) >= 11 is 1.63. The lowest BCUT2D eigenvalue weighted by Crippen LogP contribution is -2.34. The number of nitrogens with zero attached hydrogens (tertiary/aromatic N) is 1. The molecule has 0 saturated carbocycles. The lowest BCUT2D eigenvalue weighted by Gasteiger charge is -2.25. The van der Waals surface area contributed by atoms with Crippen molar-refractivity contribution in [1.82, 2.24) is 4.90 Å². The Labute approximate surface area is 165 Å². The molecule has 0 aliphatic carbocycles. The standard InChI is InChI=1S/C19H20F2N2O4S/c1-25-15-7-6-12(10-16(15)26-2)17-23(8-9-28-17)19(24)22-13-4-3-5-14(11-13)27-18(20)21/h3-7,10-11,17-18H,8-9H2,1-2H3,(H,22,24). The average Bonchev–Trinajstić information content (AvgIpc) is 3.17. The van der Waals surface area contributed by atoms with E-state index in [4.69, 9.17) is 9.47 Å². The summed E-state index contributed by atoms with van der Waals surface area (Å²) in [4.78, 5) is 14.5. The van der Waals surface area contributed by atoms with Crippen LogP contribution in [0.25, 0.3) is 0 Å². The van der Waals surface area contributed by atoms with Crippen molar-refractivity contribution < 1.29 is 27.8 Å². The molecule has 1 heterocycles. The molecule has 1 unspecified atom stereocenters. The van der Waals surface area contributed by atoms with E-state index in [0.29, 0.717) is 23.7 Å². The van der Waals surface area contributed by atoms with Gasteiger partial charge in [0.1, 0.15) is 11.1 Å². The van der Waals surface area contributed by atoms with Gasteiger partial charge in [-0.2, -0.15) is 8.78 Å². The maximum atomic E-state index is 12.8. The van der Waals surface area contributed by atoms with Gasteiger partial charge in [-0.3, -0.25) is 0 Å². The molecule has 1 aliphatic rings. The van der Waals surface area contributed by atoms with Crippen molar-refractivity contribution >= 4 is 23.5 Å². The second kappa shape index (κ2) is 9.01. The molecule has 0 bridgehead atoms. The fourth-order valence-electron chi connectivity index (χ4n) is 2.91. The lowest BCUT2D eigenvalue weighted by atomic mass is 10.2. The van der Waals surface area contributed by atoms with Crippen LogP contribution < -0.4 is 19.5 Å². The van der Waals surface area contributed by atoms with E-state index in [0.717, 1.165) is 11.3 Å². The van der Waals surface area contributed by atoms with E-state index in [9.17, 15) is 13.6 Å². The lowest BCUT2D eigenvalue weighted by molar-refractivity contribution is -0.0497. The van der Waals surface area contributed by atoms with Gasteiger partial charge in [0.15, 0.2) is 11.5 Å². The van der Waals surface area contributed by atoms with Gasteiger partial charge >= 0.3 is 12.6 Å². The van der Waals surface area contributed by atoms with Crippen LogP contribution in [-0.4, -0.2) is 44.1 Å². The second-order valence-corrected chi connectivity index (χ2v) is 7.06. The van der Waals surface area contributed by atoms with Crippen LogP contribution in [0.5, 0.6) is 17.2 Å². The molecule has 2 aromatic rings. The monoisotopic (exact) mass is 410 g/mol. The zero-order chi connectivity index (χ0) is 20.1. The quantitative estimate of drug-likeness (QED) is 0.755. The molecule has 2 aromatic carbocycles. The summed E-state index contributed by atoms with van der Waals surface area (Å²) in [5.41, 5.74) is 1.29. The maximum absolute atomic E-state index is 12.8. The molecule has 2 amide bonds. The molecule has 1 saturated heterocycles. The highest BCUT2D eigenvalue weighted by atomic mass is 32.2. The summed E-state index contributed by atoms with van der Waals surface area (Å²) in [5, 5.41) is 2.55. The molecule has 0 spiro atoms. The highest BCUT2D eigenvalue weighted by Crippen LogP contribution is 2.41. The van der Waals surface area contributed by atoms with E-state index in [-0.39, 0.29) is 17.2 Å². The number of thioether (sulfide) groups is 1. The van der Waals surface area contributed by atoms with Crippen LogP contribution in [0.1, 0.15) is 10.9 Å². The highest BCUT2D eigenvalue weighted by molar-refractivity contribution is 7.99. The average molecular weight is 410 g/mol. The number of carbonyl (C=O) groups excluding carboxylic acids is 1. The fourth-order valence-corrected chi connectivity index (χ4v) is 4.15. The number of rotatable bonds is 6. The first-order valence-corrected chi connectivity index (χ1v) is 9.52. The molecule has 1 aliphatic heterocycles. The Bertz CT molecular complexity index is 837. The van der Waals surface area contributed by atoms with E-state index in [1.54, 1.807) is 43.0 Å². The summed E-state index contributed by atoms with van der Waals surface area (Å²) in [6, 6.07) is 11.1. The van der Waals surface area contributed by atoms with E-state index in [1.165, 1.54) is 18.2 Å². The third-order valence-electron chi connectivity index (χ3n) is 4.16. The number of urea groups is 1. The van der Waals surface area contributed by atoms with Crippen molar-refractivity contribution in [3.63, 3.8) is 0 Å². The Morgan fingerprint density at radius 3 is 2.68 bits per heavy atom. The molecular weight excluding hydrogens is 390 g/mol. The number of hydrogen-bond acceptors (Lipinski definition) is 5. The number of halogens is 2. The number of carbonyl (C=O) groups is 1. The molecular formula is C19H20F2N2O4S. The Morgan fingerprint density at radius 2 is 1.96 bits per heavy atom. The first-order valence-electron chi connectivity index (χ1n) is 8.48. The molecule has 3 rings (SSSR count). The van der Waals surface area contributed by atoms with Gasteiger partial charge in [0.25, 0.3) is 0 Å². The normalized spacial score (nSPS) is 16.2. The van der Waals surface area contributed by atoms with Gasteiger partial charge in [0, 0.05) is 24.1 Å². The van der Waals surface area contributed by atoms with Crippen molar-refractivity contribution in [2.24, 2.45) is 0 Å². The molecule has 28 heavy (non-hydrogen) atoms. The van der Waals surface area contributed by atoms with Gasteiger partial charge < -0.3 is 24.4 Å². The molecule has 0 radical (unpaired) electrons. The number of hydrogen-bond donors (Lipinski definition) is 1. The van der Waals surface area contributed by atoms with Crippen LogP contribution in [0.4, 0.5) is 19.3 Å². The minimum atomic E-state index is -2.92. The van der Waals surface area contributed by atoms with E-state index < -0.39 is 6.61 Å². The van der Waals surface area contributed by atoms with Crippen LogP contribution in [0.2, 0.25) is 0 Å². The van der Waals surface area contributed by atoms with Crippen molar-refractivity contribution in [1.29, 1.82) is 0 Å². The summed E-state index contributed by atoms with van der Waals surface area (Å²) < 4.78 is 39.7. The third kappa shape index (κ3) is 4.59. The number of anilines is 1. The van der Waals surface area contributed by atoms with Crippen molar-refractivity contribution in [2.75, 3.05) is 31.8 Å². The summed E-state index contributed by atoms with van der Waals surface area (Å²) in [7, 11) is 3.12. The van der Waals surface area contributed by atoms with E-state index in [2.05, 4.69) is 10.1 Å². The Morgan fingerprint density at radius 1 is 1.18 bits per heavy atom. The van der Waals surface area contributed by atoms with Crippen LogP contribution in [0, 0.1) is 0 Å². The fraction of sp³-hybridized carbons (Fsp3) is 0.316. The SMILES string of the molecule is COc1ccc(C2SCCN2C(=O)Nc2cccc(OC(F)F)c2)cc1OC. The number of alkyl halides is 2. The van der Waals surface area contributed by atoms with Gasteiger partial charge in [-0.25, -0.2) is 4.79 Å². The van der Waals surface area contributed by atoms with Gasteiger partial charge in [0.2, 0.25) is 0 Å². The summed E-state index contributed by atoms with van der Waals surface area (Å²) in [5.74, 6) is 1.96. The molecule has 6 nitrogen and oxygen atoms in total. The summed E-state index contributed by atoms with van der Waals surface area (Å²) in [6.45, 7) is -2.36. The van der Waals surface area contributed by atoms with E-state index >= 15 is 0 Å². The van der Waals surface area contributed by atoms with Crippen LogP contribution in [-0.2, 0) is 0 Å². The van der Waals surface area contributed by atoms with Crippen LogP contribution in [0.15, 0.2) is 42.5 Å². The van der Waals surface area contributed by atoms with Crippen LogP contribution in [0.3, 0.4) is 0 Å². The number of methoxy groups -OCH3 is 2. The molecule has 1 atom stereocenters. The largest absolute Gasteiger partial charge is 0.493 e. The maximum Gasteiger partial charge on any atom is 0.387 e. The topological polar surface area (TPSA) is 60.0 Å². The Kier molecular flexibility index (Phi) is 6.45. The molecule has 1 N–H and O–H groups in total. The second-order valence-electron chi connectivity index (χ2n) is 5.87. The minimum absolute atomic E-state index is 0.0139. The Balaban J connectivity index is 1.75. The zero-order valence-electron chi connectivity index (χ0n) is 15.4. The smallest absolute Gasteiger partial charge is 0.387 e. The molecule has 9 heteroatoms. The highest BCUT2D eigenvalue weighted by Gasteiger charge is 2.31. The molecule has 0 aromatic heterocycles. The first-order chi connectivity index (χ1) is 13.5. The molecule has 150 valence electrons. The molecule has 1 fully saturated rings. The minimum Gasteiger partial charge on any atom is -0.493 e. The predicted molar refractivity (Wildman–Crippen MR) is 104 cm³/mol. The summed E-state index contributed by atoms with van der Waals surface area (Å²) in [6.07, 6.45) is 0. The number of ether oxygens (including phenoxy) is 3. The van der Waals surface area contributed by atoms with Crippen molar-refractivity contribution in [3.05, 3.63) is 48.0 Å².